The van der Waals surface area contributed by atoms with Crippen LogP contribution in [0.25, 0.3) is 17.0 Å². The number of nitrogens with one attached hydrogen (secondary N) is 1. The average molecular weight is 484 g/mol. The predicted molar refractivity (Wildman–Crippen MR) is 137 cm³/mol. The number of amides is 1. The van der Waals surface area contributed by atoms with Crippen LogP contribution in [0.4, 0.5) is 0 Å². The highest BCUT2D eigenvalue weighted by Crippen LogP contribution is 2.29. The number of aromatic nitrogens is 2. The van der Waals surface area contributed by atoms with Gasteiger partial charge in [0, 0.05) is 23.2 Å². The number of carbonyl (C=O) groups is 1. The summed E-state index contributed by atoms with van der Waals surface area (Å²) < 4.78 is 5.78. The van der Waals surface area contributed by atoms with E-state index in [2.05, 4.69) is 9.97 Å². The Bertz CT molecular complexity index is 1510. The zero-order chi connectivity index (χ0) is 24.2. The van der Waals surface area contributed by atoms with E-state index in [0.717, 1.165) is 22.4 Å². The summed E-state index contributed by atoms with van der Waals surface area (Å²) >= 11 is 6.10. The Labute approximate surface area is 207 Å². The molecule has 174 valence electrons. The molecule has 0 spiro atoms. The molecule has 1 aliphatic heterocycles. The fourth-order valence-electron chi connectivity index (χ4n) is 3.95. The van der Waals surface area contributed by atoms with E-state index in [9.17, 15) is 9.59 Å². The highest BCUT2D eigenvalue weighted by atomic mass is 35.5. The minimum Gasteiger partial charge on any atom is -0.488 e. The second-order valence-electron chi connectivity index (χ2n) is 8.23. The quantitative estimate of drug-likeness (QED) is 0.385. The van der Waals surface area contributed by atoms with Gasteiger partial charge in [0.2, 0.25) is 5.91 Å². The number of nitrogens with zero attached hydrogens (tertiary/aromatic N) is 2. The van der Waals surface area contributed by atoms with Crippen LogP contribution in [0.1, 0.15) is 17.0 Å². The van der Waals surface area contributed by atoms with E-state index < -0.39 is 0 Å². The summed E-state index contributed by atoms with van der Waals surface area (Å²) in [5.74, 6) is 0.979. The Kier molecular flexibility index (Phi) is 6.46. The van der Waals surface area contributed by atoms with Gasteiger partial charge in [-0.25, -0.2) is 4.98 Å². The van der Waals surface area contributed by atoms with Crippen LogP contribution >= 0.6 is 11.6 Å². The van der Waals surface area contributed by atoms with Gasteiger partial charge in [0.15, 0.2) is 0 Å². The van der Waals surface area contributed by atoms with Crippen molar-refractivity contribution in [2.45, 2.75) is 13.1 Å². The normalized spacial score (nSPS) is 12.8. The van der Waals surface area contributed by atoms with E-state index in [1.165, 1.54) is 6.08 Å². The number of hydrogen-bond acceptors (Lipinski definition) is 4. The van der Waals surface area contributed by atoms with E-state index in [1.54, 1.807) is 35.2 Å². The Morgan fingerprint density at radius 3 is 2.71 bits per heavy atom. The first-order chi connectivity index (χ1) is 17.0. The highest BCUT2D eigenvalue weighted by molar-refractivity contribution is 6.30. The molecule has 0 fully saturated rings. The summed E-state index contributed by atoms with van der Waals surface area (Å²) in [6.45, 7) is 0.886. The molecule has 1 aliphatic rings. The molecular weight excluding hydrogens is 462 g/mol. The second-order valence-corrected chi connectivity index (χ2v) is 8.67. The van der Waals surface area contributed by atoms with Gasteiger partial charge in [-0.1, -0.05) is 60.1 Å². The molecule has 1 aromatic heterocycles. The van der Waals surface area contributed by atoms with Crippen molar-refractivity contribution in [3.8, 4) is 5.75 Å². The Morgan fingerprint density at radius 1 is 1.06 bits per heavy atom. The molecule has 2 heterocycles. The van der Waals surface area contributed by atoms with Gasteiger partial charge in [0.05, 0.1) is 17.4 Å². The Hall–Kier alpha value is -4.16. The predicted octanol–water partition coefficient (Wildman–Crippen LogP) is 5.14. The fourth-order valence-corrected chi connectivity index (χ4v) is 4.13. The molecule has 1 amide bonds. The van der Waals surface area contributed by atoms with Crippen molar-refractivity contribution >= 4 is 34.5 Å². The molecule has 4 aromatic rings. The molecule has 0 bridgehead atoms. The SMILES string of the molecule is O=C(/C=C/C1=Cc2cc(Cl)ccc2OC1)N(Cc1ccccc1)Cc1nc2ccccc2c(=O)[nH]1. The van der Waals surface area contributed by atoms with Crippen LogP contribution < -0.4 is 10.3 Å². The van der Waals surface area contributed by atoms with Crippen molar-refractivity contribution in [1.29, 1.82) is 0 Å². The molecule has 0 radical (unpaired) electrons. The number of para-hydroxylation sites is 1. The number of ether oxygens (including phenoxy) is 1. The van der Waals surface area contributed by atoms with Crippen molar-refractivity contribution in [2.24, 2.45) is 0 Å². The van der Waals surface area contributed by atoms with Gasteiger partial charge < -0.3 is 14.6 Å². The zero-order valence-electron chi connectivity index (χ0n) is 18.8. The van der Waals surface area contributed by atoms with Crippen molar-refractivity contribution < 1.29 is 9.53 Å². The van der Waals surface area contributed by atoms with E-state index in [4.69, 9.17) is 16.3 Å². The highest BCUT2D eigenvalue weighted by Gasteiger charge is 2.16. The van der Waals surface area contributed by atoms with Crippen molar-refractivity contribution in [3.05, 3.63) is 123 Å². The lowest BCUT2D eigenvalue weighted by atomic mass is 10.1. The zero-order valence-corrected chi connectivity index (χ0v) is 19.5. The molecule has 1 N–H and O–H groups in total. The standard InChI is InChI=1S/C28H22ClN3O3/c29-22-11-12-25-21(15-22)14-20(18-35-25)10-13-27(33)32(16-19-6-2-1-3-7-19)17-26-30-24-9-5-4-8-23(24)28(34)31-26/h1-15H,16-18H2,(H,30,31,34)/b13-10+. The molecule has 0 aliphatic carbocycles. The number of hydrogen-bond donors (Lipinski definition) is 1. The number of H-pyrrole nitrogens is 1. The summed E-state index contributed by atoms with van der Waals surface area (Å²) in [5, 5.41) is 1.14. The third-order valence-corrected chi connectivity index (χ3v) is 5.91. The topological polar surface area (TPSA) is 75.3 Å². The average Bonchev–Trinajstić information content (AvgIpc) is 2.87. The molecule has 0 unspecified atom stereocenters. The van der Waals surface area contributed by atoms with E-state index in [0.29, 0.717) is 34.9 Å². The van der Waals surface area contributed by atoms with Crippen LogP contribution in [-0.2, 0) is 17.9 Å². The summed E-state index contributed by atoms with van der Waals surface area (Å²) in [5.41, 5.74) is 3.06. The lowest BCUT2D eigenvalue weighted by molar-refractivity contribution is -0.127. The van der Waals surface area contributed by atoms with Gasteiger partial charge >= 0.3 is 0 Å². The maximum Gasteiger partial charge on any atom is 0.258 e. The van der Waals surface area contributed by atoms with Crippen LogP contribution in [0.3, 0.4) is 0 Å². The van der Waals surface area contributed by atoms with E-state index in [-0.39, 0.29) is 18.0 Å². The van der Waals surface area contributed by atoms with E-state index in [1.807, 2.05) is 54.6 Å². The number of fused-ring (bicyclic) bond motifs is 2. The molecule has 6 nitrogen and oxygen atoms in total. The first-order valence-corrected chi connectivity index (χ1v) is 11.5. The van der Waals surface area contributed by atoms with Crippen LogP contribution in [-0.4, -0.2) is 27.4 Å². The Morgan fingerprint density at radius 2 is 1.86 bits per heavy atom. The second kappa shape index (κ2) is 9.99. The van der Waals surface area contributed by atoms with Crippen molar-refractivity contribution in [1.82, 2.24) is 14.9 Å². The molecule has 7 heteroatoms. The summed E-state index contributed by atoms with van der Waals surface area (Å²) in [7, 11) is 0. The van der Waals surface area contributed by atoms with Crippen LogP contribution in [0.2, 0.25) is 5.02 Å². The van der Waals surface area contributed by atoms with Gasteiger partial charge in [-0.05, 0) is 47.5 Å². The lowest BCUT2D eigenvalue weighted by Gasteiger charge is -2.21. The molecule has 5 rings (SSSR count). The van der Waals surface area contributed by atoms with Crippen molar-refractivity contribution in [2.75, 3.05) is 6.61 Å². The summed E-state index contributed by atoms with van der Waals surface area (Å²) in [4.78, 5) is 34.8. The van der Waals surface area contributed by atoms with Crippen LogP contribution in [0, 0.1) is 0 Å². The number of halogens is 1. The maximum atomic E-state index is 13.3. The summed E-state index contributed by atoms with van der Waals surface area (Å²) in [6, 6.07) is 22.3. The molecule has 0 saturated carbocycles. The number of rotatable bonds is 6. The monoisotopic (exact) mass is 483 g/mol. The third-order valence-electron chi connectivity index (χ3n) is 5.68. The number of aromatic amines is 1. The lowest BCUT2D eigenvalue weighted by Crippen LogP contribution is -2.30. The minimum absolute atomic E-state index is 0.159. The molecule has 0 atom stereocenters. The maximum absolute atomic E-state index is 13.3. The first kappa shape index (κ1) is 22.6. The smallest absolute Gasteiger partial charge is 0.258 e. The molecule has 0 saturated heterocycles. The fraction of sp³-hybridized carbons (Fsp3) is 0.107. The molecular formula is C28H22ClN3O3. The first-order valence-electron chi connectivity index (χ1n) is 11.2. The Balaban J connectivity index is 1.41. The number of carbonyl (C=O) groups excluding carboxylic acids is 1. The largest absolute Gasteiger partial charge is 0.488 e. The van der Waals surface area contributed by atoms with Gasteiger partial charge in [-0.3, -0.25) is 9.59 Å². The van der Waals surface area contributed by atoms with Crippen LogP contribution in [0.15, 0.2) is 95.3 Å². The minimum atomic E-state index is -0.227. The molecule has 3 aromatic carbocycles. The molecule has 35 heavy (non-hydrogen) atoms. The van der Waals surface area contributed by atoms with E-state index >= 15 is 0 Å². The third kappa shape index (κ3) is 5.34. The summed E-state index contributed by atoms with van der Waals surface area (Å²) in [6.07, 6.45) is 5.23. The van der Waals surface area contributed by atoms with Crippen LogP contribution in [0.5, 0.6) is 5.75 Å². The van der Waals surface area contributed by atoms with Gasteiger partial charge in [-0.2, -0.15) is 0 Å². The number of benzene rings is 3. The van der Waals surface area contributed by atoms with Gasteiger partial charge in [0.1, 0.15) is 18.2 Å². The van der Waals surface area contributed by atoms with Crippen molar-refractivity contribution in [3.63, 3.8) is 0 Å². The van der Waals surface area contributed by atoms with Gasteiger partial charge in [-0.15, -0.1) is 0 Å². The van der Waals surface area contributed by atoms with Gasteiger partial charge in [0.25, 0.3) is 5.56 Å².